The first-order valence-corrected chi connectivity index (χ1v) is 10.1. The third-order valence-corrected chi connectivity index (χ3v) is 5.19. The number of hydrogen-bond acceptors (Lipinski definition) is 6. The normalized spacial score (nSPS) is 11.9. The van der Waals surface area contributed by atoms with Crippen molar-refractivity contribution in [3.8, 4) is 22.6 Å². The summed E-state index contributed by atoms with van der Waals surface area (Å²) < 4.78 is 29.7. The van der Waals surface area contributed by atoms with Gasteiger partial charge in [0.25, 0.3) is 5.91 Å². The van der Waals surface area contributed by atoms with Crippen molar-refractivity contribution in [1.29, 1.82) is 0 Å². The van der Waals surface area contributed by atoms with Crippen molar-refractivity contribution in [2.75, 3.05) is 12.3 Å². The first-order chi connectivity index (χ1) is 16.3. The van der Waals surface area contributed by atoms with Gasteiger partial charge in [-0.25, -0.2) is 18.7 Å². The molecule has 0 aliphatic carbocycles. The molecule has 0 aliphatic rings. The molecular formula is C23H20F2N6O3. The Morgan fingerprint density at radius 1 is 1.15 bits per heavy atom. The lowest BCUT2D eigenvalue weighted by Gasteiger charge is -2.19. The van der Waals surface area contributed by atoms with E-state index in [1.807, 2.05) is 0 Å². The quantitative estimate of drug-likeness (QED) is 0.344. The number of nitrogens with two attached hydrogens (primary N) is 1. The van der Waals surface area contributed by atoms with E-state index in [0.717, 1.165) is 12.1 Å². The van der Waals surface area contributed by atoms with Crippen molar-refractivity contribution in [2.24, 2.45) is 7.05 Å². The summed E-state index contributed by atoms with van der Waals surface area (Å²) in [6.45, 7) is -0.773. The monoisotopic (exact) mass is 466 g/mol. The van der Waals surface area contributed by atoms with Gasteiger partial charge in [0.1, 0.15) is 23.0 Å². The summed E-state index contributed by atoms with van der Waals surface area (Å²) in [7, 11) is 1.56. The summed E-state index contributed by atoms with van der Waals surface area (Å²) in [4.78, 5) is 36.6. The fraction of sp³-hybridized carbons (Fsp3) is 0.130. The van der Waals surface area contributed by atoms with Crippen molar-refractivity contribution < 1.29 is 18.7 Å². The molecule has 5 N–H and O–H groups in total. The number of rotatable bonds is 6. The molecule has 4 aromatic rings. The second-order valence-corrected chi connectivity index (χ2v) is 7.45. The second kappa shape index (κ2) is 9.24. The molecule has 1 amide bonds. The fourth-order valence-corrected chi connectivity index (χ4v) is 3.50. The third kappa shape index (κ3) is 4.28. The molecule has 0 saturated carbocycles. The molecule has 4 rings (SSSR count). The number of benzene rings is 1. The van der Waals surface area contributed by atoms with Crippen LogP contribution < -0.4 is 16.6 Å². The maximum Gasteiger partial charge on any atom is 0.274 e. The van der Waals surface area contributed by atoms with E-state index in [-0.39, 0.29) is 22.8 Å². The van der Waals surface area contributed by atoms with Crippen LogP contribution in [0.15, 0.2) is 59.7 Å². The fourth-order valence-electron chi connectivity index (χ4n) is 3.50. The highest BCUT2D eigenvalue weighted by atomic mass is 19.1. The number of aliphatic hydroxyl groups is 1. The summed E-state index contributed by atoms with van der Waals surface area (Å²) in [5, 5.41) is 12.1. The Balaban J connectivity index is 1.79. The average molecular weight is 466 g/mol. The predicted octanol–water partition coefficient (Wildman–Crippen LogP) is 2.16. The minimum atomic E-state index is -1.39. The lowest BCUT2D eigenvalue weighted by Crippen LogP contribution is -2.33. The number of aliphatic hydroxyl groups excluding tert-OH is 1. The lowest BCUT2D eigenvalue weighted by molar-refractivity contribution is 0.0909. The minimum Gasteiger partial charge on any atom is -0.394 e. The van der Waals surface area contributed by atoms with Crippen molar-refractivity contribution in [3.63, 3.8) is 0 Å². The number of pyridine rings is 1. The zero-order valence-electron chi connectivity index (χ0n) is 17.9. The zero-order chi connectivity index (χ0) is 24.4. The van der Waals surface area contributed by atoms with Gasteiger partial charge < -0.3 is 25.7 Å². The van der Waals surface area contributed by atoms with Gasteiger partial charge in [-0.05, 0) is 30.3 Å². The number of nitrogens with one attached hydrogen (secondary N) is 2. The Hall–Kier alpha value is -4.38. The second-order valence-electron chi connectivity index (χ2n) is 7.45. The van der Waals surface area contributed by atoms with E-state index in [4.69, 9.17) is 5.73 Å². The van der Waals surface area contributed by atoms with Crippen LogP contribution in [0.2, 0.25) is 0 Å². The number of hydrogen-bond donors (Lipinski definition) is 4. The third-order valence-electron chi connectivity index (χ3n) is 5.19. The summed E-state index contributed by atoms with van der Waals surface area (Å²) >= 11 is 0. The van der Waals surface area contributed by atoms with E-state index in [1.165, 1.54) is 29.0 Å². The molecule has 0 fully saturated rings. The number of amides is 1. The minimum absolute atomic E-state index is 0.235. The molecule has 1 aromatic carbocycles. The molecule has 0 saturated heterocycles. The predicted molar refractivity (Wildman–Crippen MR) is 121 cm³/mol. The van der Waals surface area contributed by atoms with Crippen LogP contribution in [0.25, 0.3) is 22.6 Å². The molecule has 3 heterocycles. The Kier molecular flexibility index (Phi) is 6.19. The highest BCUT2D eigenvalue weighted by molar-refractivity contribution is 5.98. The zero-order valence-corrected chi connectivity index (χ0v) is 17.9. The molecule has 0 aliphatic heterocycles. The van der Waals surface area contributed by atoms with Crippen LogP contribution in [0, 0.1) is 11.6 Å². The smallest absolute Gasteiger partial charge is 0.274 e. The number of aryl methyl sites for hydroxylation is 1. The number of aromatic nitrogens is 4. The van der Waals surface area contributed by atoms with Gasteiger partial charge in [-0.3, -0.25) is 9.59 Å². The molecule has 0 bridgehead atoms. The van der Waals surface area contributed by atoms with Crippen LogP contribution in [0.5, 0.6) is 0 Å². The van der Waals surface area contributed by atoms with E-state index in [9.17, 15) is 23.5 Å². The van der Waals surface area contributed by atoms with Crippen LogP contribution >= 0.6 is 0 Å². The van der Waals surface area contributed by atoms with Gasteiger partial charge >= 0.3 is 0 Å². The molecule has 9 nitrogen and oxygen atoms in total. The average Bonchev–Trinajstić information content (AvgIpc) is 3.34. The number of anilines is 1. The van der Waals surface area contributed by atoms with Crippen molar-refractivity contribution >= 4 is 11.7 Å². The summed E-state index contributed by atoms with van der Waals surface area (Å²) in [6.07, 6.45) is 3.20. The molecule has 34 heavy (non-hydrogen) atoms. The van der Waals surface area contributed by atoms with Crippen molar-refractivity contribution in [1.82, 2.24) is 24.8 Å². The SMILES string of the molecule is Cn1cc(-c2nc(C(=O)NC(CO)c3c(F)cccc3F)c(N)nc2-c2ccc[nH]2)ccc1=O. The Labute approximate surface area is 191 Å². The van der Waals surface area contributed by atoms with Gasteiger partial charge in [-0.2, -0.15) is 0 Å². The Morgan fingerprint density at radius 2 is 1.88 bits per heavy atom. The summed E-state index contributed by atoms with van der Waals surface area (Å²) in [6, 6.07) is 8.17. The van der Waals surface area contributed by atoms with E-state index >= 15 is 0 Å². The number of carbonyl (C=O) groups excluding carboxylic acids is 1. The molecule has 1 atom stereocenters. The highest BCUT2D eigenvalue weighted by Crippen LogP contribution is 2.30. The lowest BCUT2D eigenvalue weighted by atomic mass is 10.1. The molecule has 1 unspecified atom stereocenters. The largest absolute Gasteiger partial charge is 0.394 e. The van der Waals surface area contributed by atoms with Gasteiger partial charge in [0.2, 0.25) is 5.56 Å². The summed E-state index contributed by atoms with van der Waals surface area (Å²) in [5.74, 6) is -2.98. The number of H-pyrrole nitrogens is 1. The van der Waals surface area contributed by atoms with Gasteiger partial charge in [0.15, 0.2) is 11.5 Å². The van der Waals surface area contributed by atoms with Crippen molar-refractivity contribution in [3.05, 3.63) is 88.1 Å². The molecular weight excluding hydrogens is 446 g/mol. The maximum atomic E-state index is 14.2. The molecule has 0 radical (unpaired) electrons. The van der Waals surface area contributed by atoms with Gasteiger partial charge in [-0.15, -0.1) is 0 Å². The number of aromatic amines is 1. The number of carbonyl (C=O) groups is 1. The molecule has 174 valence electrons. The van der Waals surface area contributed by atoms with E-state index in [1.54, 1.807) is 25.4 Å². The van der Waals surface area contributed by atoms with Gasteiger partial charge in [0, 0.05) is 36.6 Å². The van der Waals surface area contributed by atoms with Crippen LogP contribution in [-0.4, -0.2) is 37.1 Å². The van der Waals surface area contributed by atoms with E-state index in [0.29, 0.717) is 17.0 Å². The van der Waals surface area contributed by atoms with E-state index < -0.39 is 35.8 Å². The van der Waals surface area contributed by atoms with Crippen LogP contribution in [-0.2, 0) is 7.05 Å². The van der Waals surface area contributed by atoms with Crippen LogP contribution in [0.3, 0.4) is 0 Å². The maximum absolute atomic E-state index is 14.2. The van der Waals surface area contributed by atoms with Crippen LogP contribution in [0.4, 0.5) is 14.6 Å². The topological polar surface area (TPSA) is 139 Å². The van der Waals surface area contributed by atoms with E-state index in [2.05, 4.69) is 20.3 Å². The first-order valence-electron chi connectivity index (χ1n) is 10.1. The first kappa shape index (κ1) is 22.8. The highest BCUT2D eigenvalue weighted by Gasteiger charge is 2.26. The molecule has 0 spiro atoms. The number of nitrogens with zero attached hydrogens (tertiary/aromatic N) is 3. The standard InChI is InChI=1S/C23H20F2N6O3/c1-31-10-12(7-8-17(31)33)19-20(15-6-3-9-27-15)30-22(26)21(29-19)23(34)28-16(11-32)18-13(24)4-2-5-14(18)25/h2-10,16,27,32H,11H2,1H3,(H2,26,30)(H,28,34). The Bertz CT molecular complexity index is 1400. The Morgan fingerprint density at radius 3 is 2.50 bits per heavy atom. The van der Waals surface area contributed by atoms with Gasteiger partial charge in [-0.1, -0.05) is 6.07 Å². The molecule has 3 aromatic heterocycles. The molecule has 11 heteroatoms. The van der Waals surface area contributed by atoms with Crippen LogP contribution in [0.1, 0.15) is 22.1 Å². The number of nitrogen functional groups attached to an aromatic ring is 1. The van der Waals surface area contributed by atoms with Crippen molar-refractivity contribution in [2.45, 2.75) is 6.04 Å². The summed E-state index contributed by atoms with van der Waals surface area (Å²) in [5.41, 5.74) is 6.60. The number of halogens is 2. The van der Waals surface area contributed by atoms with Gasteiger partial charge in [0.05, 0.1) is 18.3 Å².